The van der Waals surface area contributed by atoms with E-state index in [1.54, 1.807) is 17.8 Å². The second kappa shape index (κ2) is 8.61. The van der Waals surface area contributed by atoms with E-state index in [2.05, 4.69) is 36.1 Å². The van der Waals surface area contributed by atoms with Crippen LogP contribution in [-0.2, 0) is 0 Å². The van der Waals surface area contributed by atoms with E-state index in [1.165, 1.54) is 11.3 Å². The van der Waals surface area contributed by atoms with Gasteiger partial charge < -0.3 is 16.0 Å². The number of nitrogens with one attached hydrogen (secondary N) is 3. The minimum Gasteiger partial charge on any atom is -0.367 e. The highest BCUT2D eigenvalue weighted by atomic mass is 32.1. The lowest BCUT2D eigenvalue weighted by atomic mass is 10.2. The lowest BCUT2D eigenvalue weighted by molar-refractivity contribution is 0.0955. The lowest BCUT2D eigenvalue weighted by Gasteiger charge is -2.08. The summed E-state index contributed by atoms with van der Waals surface area (Å²) in [6.07, 6.45) is 1.79. The summed E-state index contributed by atoms with van der Waals surface area (Å²) < 4.78 is 1.00. The summed E-state index contributed by atoms with van der Waals surface area (Å²) >= 11 is 1.52. The zero-order chi connectivity index (χ0) is 20.1. The molecule has 0 fully saturated rings. The molecular formula is C20H19N7OS. The minimum absolute atomic E-state index is 0.113. The van der Waals surface area contributed by atoms with Crippen LogP contribution in [0.25, 0.3) is 10.2 Å². The standard InChI is InChI=1S/C20H19N7OS/c1-13-2-5-17(23-11-13)25-19-7-6-18(26-27-19)21-8-9-22-20(28)14-3-4-15-16(10-14)29-12-24-15/h2-7,10-12H,8-9H2,1H3,(H,21,26)(H,22,28)(H,23,25,27). The van der Waals surface area contributed by atoms with Crippen molar-refractivity contribution >= 4 is 44.9 Å². The third-order valence-electron chi connectivity index (χ3n) is 4.14. The number of aryl methyl sites for hydroxylation is 1. The molecule has 3 heterocycles. The molecular weight excluding hydrogens is 386 g/mol. The lowest BCUT2D eigenvalue weighted by Crippen LogP contribution is -2.28. The molecule has 29 heavy (non-hydrogen) atoms. The number of anilines is 3. The molecule has 0 aliphatic rings. The summed E-state index contributed by atoms with van der Waals surface area (Å²) in [5, 5.41) is 17.4. The molecule has 4 aromatic rings. The van der Waals surface area contributed by atoms with E-state index < -0.39 is 0 Å². The SMILES string of the molecule is Cc1ccc(Nc2ccc(NCCNC(=O)c3ccc4ncsc4c3)nn2)nc1. The van der Waals surface area contributed by atoms with E-state index in [-0.39, 0.29) is 5.91 Å². The van der Waals surface area contributed by atoms with Crippen LogP contribution in [0.15, 0.2) is 54.2 Å². The molecule has 0 saturated heterocycles. The van der Waals surface area contributed by atoms with Gasteiger partial charge in [-0.15, -0.1) is 21.5 Å². The zero-order valence-electron chi connectivity index (χ0n) is 15.7. The Morgan fingerprint density at radius 3 is 2.59 bits per heavy atom. The number of aromatic nitrogens is 4. The Morgan fingerprint density at radius 2 is 1.79 bits per heavy atom. The van der Waals surface area contributed by atoms with E-state index in [1.807, 2.05) is 43.3 Å². The van der Waals surface area contributed by atoms with Crippen molar-refractivity contribution in [3.63, 3.8) is 0 Å². The molecule has 9 heteroatoms. The third kappa shape index (κ3) is 4.82. The molecule has 3 aromatic heterocycles. The van der Waals surface area contributed by atoms with Crippen molar-refractivity contribution < 1.29 is 4.79 Å². The normalized spacial score (nSPS) is 10.7. The number of hydrogen-bond donors (Lipinski definition) is 3. The first-order valence-corrected chi connectivity index (χ1v) is 9.94. The van der Waals surface area contributed by atoms with Crippen LogP contribution in [0.4, 0.5) is 17.5 Å². The molecule has 0 radical (unpaired) electrons. The fourth-order valence-corrected chi connectivity index (χ4v) is 3.35. The van der Waals surface area contributed by atoms with Gasteiger partial charge in [0, 0.05) is 24.8 Å². The molecule has 0 aliphatic carbocycles. The van der Waals surface area contributed by atoms with Crippen molar-refractivity contribution in [2.75, 3.05) is 23.7 Å². The van der Waals surface area contributed by atoms with E-state index in [0.717, 1.165) is 15.8 Å². The Bertz CT molecular complexity index is 1110. The van der Waals surface area contributed by atoms with Gasteiger partial charge in [0.05, 0.1) is 15.7 Å². The van der Waals surface area contributed by atoms with Crippen molar-refractivity contribution in [3.8, 4) is 0 Å². The molecule has 146 valence electrons. The summed E-state index contributed by atoms with van der Waals surface area (Å²) in [5.41, 5.74) is 4.40. The largest absolute Gasteiger partial charge is 0.367 e. The van der Waals surface area contributed by atoms with Gasteiger partial charge in [-0.2, -0.15) is 0 Å². The van der Waals surface area contributed by atoms with Crippen molar-refractivity contribution in [3.05, 3.63) is 65.3 Å². The van der Waals surface area contributed by atoms with Gasteiger partial charge in [0.2, 0.25) is 0 Å². The smallest absolute Gasteiger partial charge is 0.251 e. The van der Waals surface area contributed by atoms with E-state index in [4.69, 9.17) is 0 Å². The second-order valence-corrected chi connectivity index (χ2v) is 7.25. The first kappa shape index (κ1) is 18.8. The molecule has 0 spiro atoms. The number of thiazole rings is 1. The third-order valence-corrected chi connectivity index (χ3v) is 4.93. The van der Waals surface area contributed by atoms with Crippen LogP contribution in [-0.4, -0.2) is 39.2 Å². The fraction of sp³-hybridized carbons (Fsp3) is 0.150. The number of carbonyl (C=O) groups is 1. The van der Waals surface area contributed by atoms with Gasteiger partial charge in [0.15, 0.2) is 5.82 Å². The number of rotatable bonds is 7. The van der Waals surface area contributed by atoms with Crippen molar-refractivity contribution in [2.24, 2.45) is 0 Å². The Labute approximate surface area is 171 Å². The Balaban J connectivity index is 1.23. The predicted molar refractivity (Wildman–Crippen MR) is 115 cm³/mol. The second-order valence-electron chi connectivity index (χ2n) is 6.37. The summed E-state index contributed by atoms with van der Waals surface area (Å²) in [7, 11) is 0. The maximum absolute atomic E-state index is 12.3. The van der Waals surface area contributed by atoms with E-state index in [0.29, 0.717) is 36.1 Å². The van der Waals surface area contributed by atoms with Gasteiger partial charge in [-0.05, 0) is 48.9 Å². The fourth-order valence-electron chi connectivity index (χ4n) is 2.63. The maximum atomic E-state index is 12.3. The maximum Gasteiger partial charge on any atom is 0.251 e. The summed E-state index contributed by atoms with van der Waals surface area (Å²) in [6.45, 7) is 2.99. The predicted octanol–water partition coefficient (Wildman–Crippen LogP) is 3.38. The van der Waals surface area contributed by atoms with E-state index >= 15 is 0 Å². The molecule has 1 aromatic carbocycles. The summed E-state index contributed by atoms with van der Waals surface area (Å²) in [5.74, 6) is 1.84. The Morgan fingerprint density at radius 1 is 0.966 bits per heavy atom. The highest BCUT2D eigenvalue weighted by Crippen LogP contribution is 2.19. The molecule has 0 atom stereocenters. The minimum atomic E-state index is -0.113. The first-order valence-electron chi connectivity index (χ1n) is 9.06. The Kier molecular flexibility index (Phi) is 5.57. The molecule has 8 nitrogen and oxygen atoms in total. The van der Waals surface area contributed by atoms with Crippen molar-refractivity contribution in [1.82, 2.24) is 25.5 Å². The number of amides is 1. The van der Waals surface area contributed by atoms with Gasteiger partial charge in [0.25, 0.3) is 5.91 Å². The molecule has 1 amide bonds. The quantitative estimate of drug-likeness (QED) is 0.405. The number of nitrogens with zero attached hydrogens (tertiary/aromatic N) is 4. The van der Waals surface area contributed by atoms with Gasteiger partial charge in [-0.1, -0.05) is 6.07 Å². The number of pyridine rings is 1. The van der Waals surface area contributed by atoms with Gasteiger partial charge in [-0.3, -0.25) is 4.79 Å². The van der Waals surface area contributed by atoms with Crippen LogP contribution >= 0.6 is 11.3 Å². The molecule has 0 saturated carbocycles. The van der Waals surface area contributed by atoms with Crippen LogP contribution in [0.2, 0.25) is 0 Å². The molecule has 0 bridgehead atoms. The van der Waals surface area contributed by atoms with Crippen LogP contribution in [0.5, 0.6) is 0 Å². The number of hydrogen-bond acceptors (Lipinski definition) is 8. The highest BCUT2D eigenvalue weighted by Gasteiger charge is 2.07. The topological polar surface area (TPSA) is 105 Å². The Hall–Kier alpha value is -3.59. The molecule has 3 N–H and O–H groups in total. The van der Waals surface area contributed by atoms with E-state index in [9.17, 15) is 4.79 Å². The average Bonchev–Trinajstić information content (AvgIpc) is 3.22. The van der Waals surface area contributed by atoms with Crippen LogP contribution in [0, 0.1) is 6.92 Å². The molecule has 0 aliphatic heterocycles. The monoisotopic (exact) mass is 405 g/mol. The first-order chi connectivity index (χ1) is 14.2. The number of benzene rings is 1. The van der Waals surface area contributed by atoms with Gasteiger partial charge >= 0.3 is 0 Å². The van der Waals surface area contributed by atoms with Crippen molar-refractivity contribution in [1.29, 1.82) is 0 Å². The van der Waals surface area contributed by atoms with Crippen molar-refractivity contribution in [2.45, 2.75) is 6.92 Å². The van der Waals surface area contributed by atoms with Crippen LogP contribution in [0.1, 0.15) is 15.9 Å². The molecule has 0 unspecified atom stereocenters. The van der Waals surface area contributed by atoms with Gasteiger partial charge in [-0.25, -0.2) is 9.97 Å². The van der Waals surface area contributed by atoms with Crippen LogP contribution in [0.3, 0.4) is 0 Å². The number of carbonyl (C=O) groups excluding carboxylic acids is 1. The summed E-state index contributed by atoms with van der Waals surface area (Å²) in [4.78, 5) is 20.8. The van der Waals surface area contributed by atoms with Crippen LogP contribution < -0.4 is 16.0 Å². The highest BCUT2D eigenvalue weighted by molar-refractivity contribution is 7.16. The summed E-state index contributed by atoms with van der Waals surface area (Å²) in [6, 6.07) is 13.0. The number of fused-ring (bicyclic) bond motifs is 1. The molecule has 4 rings (SSSR count). The zero-order valence-corrected chi connectivity index (χ0v) is 16.5. The average molecular weight is 405 g/mol. The van der Waals surface area contributed by atoms with Gasteiger partial charge in [0.1, 0.15) is 11.6 Å².